The second-order valence-electron chi connectivity index (χ2n) is 3.18. The number of nitrogen functional groups attached to an aromatic ring is 2. The maximum Gasteiger partial charge on any atom is 0.155 e. The van der Waals surface area contributed by atoms with E-state index < -0.39 is 0 Å². The monoisotopic (exact) mass is 204 g/mol. The molecule has 0 saturated heterocycles. The first-order valence-corrected chi connectivity index (χ1v) is 4.54. The summed E-state index contributed by atoms with van der Waals surface area (Å²) in [7, 11) is 0. The van der Waals surface area contributed by atoms with Crippen LogP contribution >= 0.6 is 0 Å². The summed E-state index contributed by atoms with van der Waals surface area (Å²) >= 11 is 0. The van der Waals surface area contributed by atoms with E-state index in [1.54, 1.807) is 24.4 Å². The predicted molar refractivity (Wildman–Crippen MR) is 59.1 cm³/mol. The third-order valence-electron chi connectivity index (χ3n) is 2.04. The van der Waals surface area contributed by atoms with Gasteiger partial charge in [0.25, 0.3) is 0 Å². The lowest BCUT2D eigenvalue weighted by atomic mass is 10.2. The number of nitrogens with one attached hydrogen (secondary N) is 1. The van der Waals surface area contributed by atoms with E-state index in [0.29, 0.717) is 17.9 Å². The van der Waals surface area contributed by atoms with Gasteiger partial charge < -0.3 is 21.3 Å². The molecule has 5 nitrogen and oxygen atoms in total. The van der Waals surface area contributed by atoms with Gasteiger partial charge in [0.05, 0.1) is 24.1 Å². The van der Waals surface area contributed by atoms with Crippen LogP contribution in [0.25, 0.3) is 0 Å². The van der Waals surface area contributed by atoms with Gasteiger partial charge in [0.15, 0.2) is 5.76 Å². The molecule has 2 rings (SSSR count). The van der Waals surface area contributed by atoms with Crippen LogP contribution in [0.2, 0.25) is 0 Å². The van der Waals surface area contributed by atoms with E-state index in [4.69, 9.17) is 16.0 Å². The summed E-state index contributed by atoms with van der Waals surface area (Å²) in [5.74, 6) is 0.769. The molecule has 0 amide bonds. The van der Waals surface area contributed by atoms with Crippen molar-refractivity contribution >= 4 is 17.1 Å². The molecule has 0 aliphatic heterocycles. The van der Waals surface area contributed by atoms with E-state index in [9.17, 15) is 0 Å². The zero-order chi connectivity index (χ0) is 10.7. The molecule has 0 radical (unpaired) electrons. The summed E-state index contributed by atoms with van der Waals surface area (Å²) in [4.78, 5) is 0. The van der Waals surface area contributed by atoms with Crippen LogP contribution in [-0.4, -0.2) is 5.16 Å². The molecule has 78 valence electrons. The van der Waals surface area contributed by atoms with Crippen molar-refractivity contribution in [3.05, 3.63) is 36.2 Å². The van der Waals surface area contributed by atoms with Gasteiger partial charge in [-0.05, 0) is 18.2 Å². The van der Waals surface area contributed by atoms with Crippen LogP contribution in [0.5, 0.6) is 0 Å². The molecule has 15 heavy (non-hydrogen) atoms. The molecule has 2 aromatic rings. The Morgan fingerprint density at radius 1 is 1.20 bits per heavy atom. The van der Waals surface area contributed by atoms with E-state index in [2.05, 4.69) is 10.5 Å². The van der Waals surface area contributed by atoms with E-state index >= 15 is 0 Å². The van der Waals surface area contributed by atoms with Crippen LogP contribution in [0.1, 0.15) is 5.76 Å². The number of nitrogens with two attached hydrogens (primary N) is 2. The Kier molecular flexibility index (Phi) is 2.45. The third kappa shape index (κ3) is 2.19. The topological polar surface area (TPSA) is 90.1 Å². The molecule has 0 spiro atoms. The Morgan fingerprint density at radius 2 is 2.07 bits per heavy atom. The average Bonchev–Trinajstić information content (AvgIpc) is 2.73. The number of anilines is 3. The zero-order valence-corrected chi connectivity index (χ0v) is 8.10. The van der Waals surface area contributed by atoms with Crippen molar-refractivity contribution in [3.63, 3.8) is 0 Å². The van der Waals surface area contributed by atoms with Gasteiger partial charge >= 0.3 is 0 Å². The van der Waals surface area contributed by atoms with Gasteiger partial charge in [-0.2, -0.15) is 0 Å². The van der Waals surface area contributed by atoms with Gasteiger partial charge in [0.1, 0.15) is 0 Å². The first-order valence-electron chi connectivity index (χ1n) is 4.54. The molecule has 1 aromatic carbocycles. The van der Waals surface area contributed by atoms with E-state index in [0.717, 1.165) is 11.4 Å². The van der Waals surface area contributed by atoms with Crippen molar-refractivity contribution in [2.45, 2.75) is 6.54 Å². The normalized spacial score (nSPS) is 10.1. The van der Waals surface area contributed by atoms with Crippen molar-refractivity contribution in [1.82, 2.24) is 5.16 Å². The van der Waals surface area contributed by atoms with E-state index in [1.165, 1.54) is 0 Å². The fourth-order valence-electron chi connectivity index (χ4n) is 1.21. The first kappa shape index (κ1) is 9.39. The molecular formula is C10H12N4O. The largest absolute Gasteiger partial charge is 0.397 e. The lowest BCUT2D eigenvalue weighted by Crippen LogP contribution is -2.00. The maximum absolute atomic E-state index is 5.67. The molecular weight excluding hydrogens is 192 g/mol. The summed E-state index contributed by atoms with van der Waals surface area (Å²) in [6, 6.07) is 7.21. The average molecular weight is 204 g/mol. The summed E-state index contributed by atoms with van der Waals surface area (Å²) < 4.78 is 4.94. The van der Waals surface area contributed by atoms with Crippen LogP contribution in [0.3, 0.4) is 0 Å². The molecule has 0 bridgehead atoms. The Morgan fingerprint density at radius 3 is 2.73 bits per heavy atom. The Hall–Kier alpha value is -2.17. The quantitative estimate of drug-likeness (QED) is 0.658. The highest BCUT2D eigenvalue weighted by Crippen LogP contribution is 2.19. The van der Waals surface area contributed by atoms with Gasteiger partial charge in [0.2, 0.25) is 0 Å². The first-order chi connectivity index (χ1) is 7.25. The van der Waals surface area contributed by atoms with Gasteiger partial charge in [-0.3, -0.25) is 0 Å². The summed E-state index contributed by atoms with van der Waals surface area (Å²) in [5.41, 5.74) is 13.3. The number of hydrogen-bond acceptors (Lipinski definition) is 5. The fourth-order valence-corrected chi connectivity index (χ4v) is 1.21. The second kappa shape index (κ2) is 3.91. The van der Waals surface area contributed by atoms with Crippen LogP contribution in [0.4, 0.5) is 17.1 Å². The molecule has 0 saturated carbocycles. The number of nitrogens with zero attached hydrogens (tertiary/aromatic N) is 1. The smallest absolute Gasteiger partial charge is 0.155 e. The molecule has 0 unspecified atom stereocenters. The Balaban J connectivity index is 2.02. The predicted octanol–water partition coefficient (Wildman–Crippen LogP) is 1.45. The van der Waals surface area contributed by atoms with Gasteiger partial charge in [0, 0.05) is 11.8 Å². The number of hydrogen-bond donors (Lipinski definition) is 3. The van der Waals surface area contributed by atoms with E-state index in [-0.39, 0.29) is 0 Å². The SMILES string of the molecule is Nc1ccc(NCc2ccno2)cc1N. The summed E-state index contributed by atoms with van der Waals surface area (Å²) in [6.45, 7) is 0.573. The molecule has 0 atom stereocenters. The van der Waals surface area contributed by atoms with Crippen molar-refractivity contribution in [3.8, 4) is 0 Å². The maximum atomic E-state index is 5.67. The summed E-state index contributed by atoms with van der Waals surface area (Å²) in [6.07, 6.45) is 1.61. The van der Waals surface area contributed by atoms with Gasteiger partial charge in [-0.1, -0.05) is 5.16 Å². The van der Waals surface area contributed by atoms with Gasteiger partial charge in [-0.15, -0.1) is 0 Å². The molecule has 5 heteroatoms. The zero-order valence-electron chi connectivity index (χ0n) is 8.10. The standard InChI is InChI=1S/C10H12N4O/c11-9-2-1-7(5-10(9)12)13-6-8-3-4-14-15-8/h1-5,13H,6,11-12H2. The number of benzene rings is 1. The molecule has 0 aliphatic carbocycles. The van der Waals surface area contributed by atoms with Crippen molar-refractivity contribution < 1.29 is 4.52 Å². The molecule has 5 N–H and O–H groups in total. The molecule has 0 aliphatic rings. The number of rotatable bonds is 3. The highest BCUT2D eigenvalue weighted by Gasteiger charge is 1.99. The fraction of sp³-hybridized carbons (Fsp3) is 0.100. The lowest BCUT2D eigenvalue weighted by molar-refractivity contribution is 0.388. The van der Waals surface area contributed by atoms with Crippen LogP contribution in [-0.2, 0) is 6.54 Å². The lowest BCUT2D eigenvalue weighted by Gasteiger charge is -2.06. The highest BCUT2D eigenvalue weighted by molar-refractivity contribution is 5.69. The Labute approximate surface area is 87.0 Å². The third-order valence-corrected chi connectivity index (χ3v) is 2.04. The molecule has 1 aromatic heterocycles. The van der Waals surface area contributed by atoms with E-state index in [1.807, 2.05) is 6.07 Å². The minimum atomic E-state index is 0.567. The molecule has 0 fully saturated rings. The van der Waals surface area contributed by atoms with Crippen LogP contribution < -0.4 is 16.8 Å². The highest BCUT2D eigenvalue weighted by atomic mass is 16.5. The van der Waals surface area contributed by atoms with Crippen molar-refractivity contribution in [2.75, 3.05) is 16.8 Å². The Bertz CT molecular complexity index is 439. The molecule has 1 heterocycles. The minimum absolute atomic E-state index is 0.567. The van der Waals surface area contributed by atoms with Crippen molar-refractivity contribution in [1.29, 1.82) is 0 Å². The van der Waals surface area contributed by atoms with Crippen LogP contribution in [0.15, 0.2) is 35.0 Å². The van der Waals surface area contributed by atoms with Gasteiger partial charge in [-0.25, -0.2) is 0 Å². The minimum Gasteiger partial charge on any atom is -0.397 e. The van der Waals surface area contributed by atoms with Crippen LogP contribution in [0, 0.1) is 0 Å². The second-order valence-corrected chi connectivity index (χ2v) is 3.18. The number of aromatic nitrogens is 1. The summed E-state index contributed by atoms with van der Waals surface area (Å²) in [5, 5.41) is 6.75. The van der Waals surface area contributed by atoms with Crippen molar-refractivity contribution in [2.24, 2.45) is 0 Å².